The molecular weight excluding hydrogens is 715 g/mol. The number of imidazole rings is 1. The zero-order valence-corrected chi connectivity index (χ0v) is 30.2. The Kier molecular flexibility index (Phi) is 8.47. The second-order valence-electron chi connectivity index (χ2n) is 14.0. The number of carbonyl (C=O) groups is 1. The van der Waals surface area contributed by atoms with Gasteiger partial charge in [-0.15, -0.1) is 11.3 Å². The number of nitriles is 1. The Morgan fingerprint density at radius 1 is 1.29 bits per heavy atom. The lowest BCUT2D eigenvalue weighted by Gasteiger charge is -2.33. The van der Waals surface area contributed by atoms with Crippen LogP contribution in [0, 0.1) is 29.9 Å². The van der Waals surface area contributed by atoms with Gasteiger partial charge in [0.25, 0.3) is 0 Å². The zero-order chi connectivity index (χ0) is 36.6. The SMILES string of the molecule is Cc1cn(C(=O)N2CC[C@@H](N(C)c3nc(OC[C@@]45CCCN4C[C@H](F)C5)nc4c(F)c(-c5ccc(F)c6sc(N)c(C#N)c56)c(Cl)cc34)[C@H]2C)cn1. The number of benzene rings is 2. The van der Waals surface area contributed by atoms with E-state index in [9.17, 15) is 18.8 Å². The van der Waals surface area contributed by atoms with Gasteiger partial charge < -0.3 is 20.3 Å². The van der Waals surface area contributed by atoms with E-state index in [1.807, 2.05) is 31.9 Å². The van der Waals surface area contributed by atoms with Crippen LogP contribution in [0.5, 0.6) is 6.01 Å². The molecule has 16 heteroatoms. The number of alkyl halides is 1. The first-order valence-electron chi connectivity index (χ1n) is 17.1. The second-order valence-corrected chi connectivity index (χ2v) is 15.5. The van der Waals surface area contributed by atoms with E-state index in [-0.39, 0.29) is 78.4 Å². The maximum atomic E-state index is 17.2. The molecule has 3 fully saturated rings. The Labute approximate surface area is 306 Å². The summed E-state index contributed by atoms with van der Waals surface area (Å²) in [6, 6.07) is 5.32. The molecule has 8 rings (SSSR count). The van der Waals surface area contributed by atoms with Crippen molar-refractivity contribution in [2.75, 3.05) is 43.9 Å². The molecule has 0 saturated carbocycles. The fourth-order valence-electron chi connectivity index (χ4n) is 8.44. The van der Waals surface area contributed by atoms with Crippen LogP contribution in [0.1, 0.15) is 43.9 Å². The lowest BCUT2D eigenvalue weighted by Crippen LogP contribution is -2.45. The summed E-state index contributed by atoms with van der Waals surface area (Å²) >= 11 is 7.80. The summed E-state index contributed by atoms with van der Waals surface area (Å²) in [5, 5.41) is 10.5. The van der Waals surface area contributed by atoms with Gasteiger partial charge >= 0.3 is 12.0 Å². The second kappa shape index (κ2) is 12.8. The Balaban J connectivity index is 1.24. The van der Waals surface area contributed by atoms with Crippen LogP contribution in [0.3, 0.4) is 0 Å². The molecule has 3 aliphatic heterocycles. The number of carbonyl (C=O) groups excluding carboxylic acids is 1. The quantitative estimate of drug-likeness (QED) is 0.197. The molecule has 0 radical (unpaired) electrons. The average Bonchev–Trinajstić information content (AvgIpc) is 3.93. The van der Waals surface area contributed by atoms with Crippen molar-refractivity contribution in [2.24, 2.45) is 0 Å². The number of nitrogen functional groups attached to an aromatic ring is 1. The van der Waals surface area contributed by atoms with Crippen LogP contribution < -0.4 is 15.4 Å². The molecule has 270 valence electrons. The van der Waals surface area contributed by atoms with Gasteiger partial charge in [0.05, 0.1) is 38.6 Å². The van der Waals surface area contributed by atoms with Gasteiger partial charge in [0.1, 0.15) is 47.3 Å². The third-order valence-electron chi connectivity index (χ3n) is 11.0. The molecule has 2 N–H and O–H groups in total. The van der Waals surface area contributed by atoms with E-state index in [0.717, 1.165) is 36.4 Å². The summed E-state index contributed by atoms with van der Waals surface area (Å²) < 4.78 is 54.6. The fourth-order valence-corrected chi connectivity index (χ4v) is 9.68. The van der Waals surface area contributed by atoms with Crippen molar-refractivity contribution in [1.82, 2.24) is 29.3 Å². The first-order chi connectivity index (χ1) is 24.9. The number of halogens is 4. The van der Waals surface area contributed by atoms with E-state index in [2.05, 4.69) is 14.9 Å². The average molecular weight is 750 g/mol. The standard InChI is InChI=1S/C36H35ClF3N9O2S/c1-18-14-47(17-43-18)35(50)49-10-7-26(19(49)2)46(3)33-22-11-24(37)28(21-5-6-25(39)31-27(21)23(13-41)32(42)52-31)29(40)30(22)44-34(45-33)51-16-36-8-4-9-48(36)15-20(38)12-36/h5-6,11,14,17,19-20,26H,4,7-10,12,15-16,42H2,1-3H3/t19-,20-,26-,36+/m1/s1. The molecule has 4 atom stereocenters. The van der Waals surface area contributed by atoms with Gasteiger partial charge in [0, 0.05) is 49.1 Å². The molecule has 52 heavy (non-hydrogen) atoms. The molecule has 5 aromatic rings. The summed E-state index contributed by atoms with van der Waals surface area (Å²) in [4.78, 5) is 32.7. The summed E-state index contributed by atoms with van der Waals surface area (Å²) in [6.07, 6.45) is 4.78. The largest absolute Gasteiger partial charge is 0.461 e. The molecular formula is C36H35ClF3N9O2S. The molecule has 11 nitrogen and oxygen atoms in total. The molecule has 3 saturated heterocycles. The summed E-state index contributed by atoms with van der Waals surface area (Å²) in [7, 11) is 1.82. The van der Waals surface area contributed by atoms with Crippen LogP contribution >= 0.6 is 22.9 Å². The minimum Gasteiger partial charge on any atom is -0.461 e. The number of likely N-dealkylation sites (tertiary alicyclic amines) is 1. The van der Waals surface area contributed by atoms with Gasteiger partial charge in [-0.2, -0.15) is 15.2 Å². The van der Waals surface area contributed by atoms with Crippen molar-refractivity contribution in [3.63, 3.8) is 0 Å². The Bertz CT molecular complexity index is 2310. The van der Waals surface area contributed by atoms with Gasteiger partial charge in [0.15, 0.2) is 5.82 Å². The van der Waals surface area contributed by atoms with E-state index in [4.69, 9.17) is 27.1 Å². The van der Waals surface area contributed by atoms with Crippen molar-refractivity contribution in [2.45, 2.75) is 63.3 Å². The number of hydrogen-bond acceptors (Lipinski definition) is 10. The fraction of sp³-hybridized carbons (Fsp3) is 0.417. The summed E-state index contributed by atoms with van der Waals surface area (Å²) in [5.41, 5.74) is 6.34. The molecule has 1 amide bonds. The van der Waals surface area contributed by atoms with E-state index >= 15 is 4.39 Å². The first kappa shape index (κ1) is 34.4. The minimum absolute atomic E-state index is 0.00864. The molecule has 3 aromatic heterocycles. The number of fused-ring (bicyclic) bond motifs is 3. The minimum atomic E-state index is -0.969. The smallest absolute Gasteiger partial charge is 0.329 e. The Morgan fingerprint density at radius 2 is 2.10 bits per heavy atom. The highest BCUT2D eigenvalue weighted by atomic mass is 35.5. The molecule has 0 unspecified atom stereocenters. The van der Waals surface area contributed by atoms with E-state index in [1.165, 1.54) is 23.0 Å². The number of nitrogens with zero attached hydrogens (tertiary/aromatic N) is 8. The number of anilines is 2. The van der Waals surface area contributed by atoms with Crippen molar-refractivity contribution in [1.29, 1.82) is 5.26 Å². The number of amides is 1. The number of nitrogens with two attached hydrogens (primary N) is 1. The molecule has 0 aliphatic carbocycles. The first-order valence-corrected chi connectivity index (χ1v) is 18.3. The topological polar surface area (TPSA) is 129 Å². The molecule has 0 bridgehead atoms. The number of likely N-dealkylation sites (N-methyl/N-ethyl adjacent to an activating group) is 1. The highest BCUT2D eigenvalue weighted by Gasteiger charge is 2.49. The molecule has 2 aromatic carbocycles. The Morgan fingerprint density at radius 3 is 2.85 bits per heavy atom. The van der Waals surface area contributed by atoms with Crippen LogP contribution in [0.15, 0.2) is 30.7 Å². The van der Waals surface area contributed by atoms with Crippen LogP contribution in [-0.2, 0) is 0 Å². The number of aryl methyl sites for hydroxylation is 1. The number of hydrogen-bond donors (Lipinski definition) is 1. The third-order valence-corrected chi connectivity index (χ3v) is 12.3. The normalized spacial score (nSPS) is 23.1. The molecule has 0 spiro atoms. The van der Waals surface area contributed by atoms with Crippen LogP contribution in [0.2, 0.25) is 5.02 Å². The van der Waals surface area contributed by atoms with Gasteiger partial charge in [-0.25, -0.2) is 22.9 Å². The maximum absolute atomic E-state index is 17.2. The molecule has 6 heterocycles. The van der Waals surface area contributed by atoms with Crippen molar-refractivity contribution < 1.29 is 22.7 Å². The van der Waals surface area contributed by atoms with E-state index < -0.39 is 23.3 Å². The predicted molar refractivity (Wildman–Crippen MR) is 194 cm³/mol. The van der Waals surface area contributed by atoms with Gasteiger partial charge in [-0.05, 0) is 57.4 Å². The lowest BCUT2D eigenvalue weighted by atomic mass is 9.95. The lowest BCUT2D eigenvalue weighted by molar-refractivity contribution is 0.107. The van der Waals surface area contributed by atoms with Crippen molar-refractivity contribution >= 4 is 60.8 Å². The summed E-state index contributed by atoms with van der Waals surface area (Å²) in [5.74, 6) is -1.09. The van der Waals surface area contributed by atoms with Crippen LogP contribution in [0.25, 0.3) is 32.1 Å². The summed E-state index contributed by atoms with van der Waals surface area (Å²) in [6.45, 7) is 5.45. The van der Waals surface area contributed by atoms with Crippen LogP contribution in [-0.4, -0.2) is 92.4 Å². The number of rotatable bonds is 6. The van der Waals surface area contributed by atoms with Gasteiger partial charge in [-0.1, -0.05) is 17.7 Å². The highest BCUT2D eigenvalue weighted by molar-refractivity contribution is 7.23. The third kappa shape index (κ3) is 5.41. The van der Waals surface area contributed by atoms with Gasteiger partial charge in [-0.3, -0.25) is 9.47 Å². The maximum Gasteiger partial charge on any atom is 0.329 e. The van der Waals surface area contributed by atoms with Crippen molar-refractivity contribution in [3.05, 3.63) is 58.6 Å². The zero-order valence-electron chi connectivity index (χ0n) is 28.7. The van der Waals surface area contributed by atoms with Crippen molar-refractivity contribution in [3.8, 4) is 23.2 Å². The van der Waals surface area contributed by atoms with E-state index in [0.29, 0.717) is 31.7 Å². The highest BCUT2D eigenvalue weighted by Crippen LogP contribution is 2.46. The monoisotopic (exact) mass is 749 g/mol. The number of thiophene rings is 1. The van der Waals surface area contributed by atoms with E-state index in [1.54, 1.807) is 17.2 Å². The Hall–Kier alpha value is -4.65. The number of aromatic nitrogens is 4. The predicted octanol–water partition coefficient (Wildman–Crippen LogP) is 6.92. The number of ether oxygens (including phenoxy) is 1. The van der Waals surface area contributed by atoms with Crippen LogP contribution in [0.4, 0.5) is 28.8 Å². The van der Waals surface area contributed by atoms with Gasteiger partial charge in [0.2, 0.25) is 0 Å². The molecule has 3 aliphatic rings.